The quantitative estimate of drug-likeness (QED) is 0.819. The minimum atomic E-state index is 0.483. The highest BCUT2D eigenvalue weighted by molar-refractivity contribution is 5.39. The van der Waals surface area contributed by atoms with Gasteiger partial charge in [0.2, 0.25) is 5.88 Å². The van der Waals surface area contributed by atoms with Gasteiger partial charge in [-0.15, -0.1) is 0 Å². The summed E-state index contributed by atoms with van der Waals surface area (Å²) in [4.78, 5) is 11.2. The minimum absolute atomic E-state index is 0.483. The van der Waals surface area contributed by atoms with Crippen molar-refractivity contribution in [3.63, 3.8) is 0 Å². The van der Waals surface area contributed by atoms with Crippen LogP contribution < -0.4 is 9.64 Å². The van der Waals surface area contributed by atoms with Crippen LogP contribution in [0, 0.1) is 11.8 Å². The van der Waals surface area contributed by atoms with Gasteiger partial charge >= 0.3 is 0 Å². The Hall–Kier alpha value is -2.11. The second kappa shape index (κ2) is 6.98. The lowest BCUT2D eigenvalue weighted by Gasteiger charge is -2.18. The number of ether oxygens (including phenoxy) is 1. The molecule has 1 fully saturated rings. The Morgan fingerprint density at radius 2 is 2.17 bits per heavy atom. The fourth-order valence-electron chi connectivity index (χ4n) is 2.93. The Labute approximate surface area is 137 Å². The van der Waals surface area contributed by atoms with Crippen molar-refractivity contribution in [2.24, 2.45) is 18.9 Å². The van der Waals surface area contributed by atoms with Gasteiger partial charge in [-0.1, -0.05) is 13.8 Å². The molecular weight excluding hydrogens is 290 g/mol. The molecule has 2 aromatic rings. The maximum Gasteiger partial charge on any atom is 0.234 e. The van der Waals surface area contributed by atoms with Crippen LogP contribution in [0.3, 0.4) is 0 Å². The van der Waals surface area contributed by atoms with Crippen LogP contribution in [-0.4, -0.2) is 39.4 Å². The fourth-order valence-corrected chi connectivity index (χ4v) is 2.93. The van der Waals surface area contributed by atoms with E-state index in [4.69, 9.17) is 4.74 Å². The summed E-state index contributed by atoms with van der Waals surface area (Å²) < 4.78 is 7.55. The molecule has 0 N–H and O–H groups in total. The zero-order valence-electron chi connectivity index (χ0n) is 14.1. The van der Waals surface area contributed by atoms with Gasteiger partial charge in [-0.05, 0) is 30.2 Å². The topological polar surface area (TPSA) is 56.1 Å². The molecule has 0 amide bonds. The molecule has 0 radical (unpaired) electrons. The molecule has 3 heterocycles. The third-order valence-electron chi connectivity index (χ3n) is 4.06. The first-order valence-electron chi connectivity index (χ1n) is 8.27. The van der Waals surface area contributed by atoms with Gasteiger partial charge in [-0.25, -0.2) is 0 Å². The number of rotatable bonds is 6. The summed E-state index contributed by atoms with van der Waals surface area (Å²) in [6.45, 7) is 6.95. The van der Waals surface area contributed by atoms with E-state index in [1.54, 1.807) is 6.20 Å². The van der Waals surface area contributed by atoms with Crippen LogP contribution >= 0.6 is 0 Å². The zero-order chi connectivity index (χ0) is 16.2. The number of hydrogen-bond acceptors (Lipinski definition) is 5. The highest BCUT2D eigenvalue weighted by Gasteiger charge is 2.24. The Morgan fingerprint density at radius 1 is 1.30 bits per heavy atom. The zero-order valence-corrected chi connectivity index (χ0v) is 14.1. The molecule has 1 saturated heterocycles. The first-order chi connectivity index (χ1) is 11.1. The molecule has 1 aliphatic heterocycles. The van der Waals surface area contributed by atoms with E-state index in [2.05, 4.69) is 40.0 Å². The monoisotopic (exact) mass is 315 g/mol. The fraction of sp³-hybridized carbons (Fsp3) is 0.588. The largest absolute Gasteiger partial charge is 0.476 e. The number of aromatic nitrogens is 4. The van der Waals surface area contributed by atoms with Gasteiger partial charge in [0.15, 0.2) is 5.82 Å². The van der Waals surface area contributed by atoms with Gasteiger partial charge in [0.05, 0.1) is 25.2 Å². The Bertz CT molecular complexity index is 639. The third kappa shape index (κ3) is 4.21. The molecule has 6 nitrogen and oxygen atoms in total. The van der Waals surface area contributed by atoms with E-state index in [9.17, 15) is 0 Å². The molecule has 124 valence electrons. The molecule has 3 rings (SSSR count). The highest BCUT2D eigenvalue weighted by Crippen LogP contribution is 2.25. The first kappa shape index (κ1) is 15.8. The Morgan fingerprint density at radius 3 is 2.91 bits per heavy atom. The third-order valence-corrected chi connectivity index (χ3v) is 4.06. The average Bonchev–Trinajstić information content (AvgIpc) is 3.15. The Balaban J connectivity index is 1.59. The second-order valence-electron chi connectivity index (χ2n) is 6.75. The molecule has 1 atom stereocenters. The summed E-state index contributed by atoms with van der Waals surface area (Å²) in [5.74, 6) is 2.66. The summed E-state index contributed by atoms with van der Waals surface area (Å²) >= 11 is 0. The number of aryl methyl sites for hydroxylation is 1. The molecular formula is C17H25N5O. The van der Waals surface area contributed by atoms with Crippen molar-refractivity contribution in [1.29, 1.82) is 0 Å². The predicted molar refractivity (Wildman–Crippen MR) is 89.6 cm³/mol. The Kier molecular flexibility index (Phi) is 4.79. The van der Waals surface area contributed by atoms with Crippen LogP contribution in [0.1, 0.15) is 25.8 Å². The lowest BCUT2D eigenvalue weighted by Crippen LogP contribution is -2.21. The van der Waals surface area contributed by atoms with E-state index in [0.29, 0.717) is 24.3 Å². The summed E-state index contributed by atoms with van der Waals surface area (Å²) in [5, 5.41) is 4.25. The molecule has 6 heteroatoms. The number of hydrogen-bond donors (Lipinski definition) is 0. The van der Waals surface area contributed by atoms with E-state index in [1.807, 2.05) is 24.1 Å². The van der Waals surface area contributed by atoms with Crippen molar-refractivity contribution >= 4 is 5.82 Å². The van der Waals surface area contributed by atoms with E-state index in [0.717, 1.165) is 25.3 Å². The molecule has 0 spiro atoms. The maximum absolute atomic E-state index is 5.68. The van der Waals surface area contributed by atoms with Gasteiger partial charge in [0.25, 0.3) is 0 Å². The molecule has 0 saturated carbocycles. The molecule has 0 bridgehead atoms. The van der Waals surface area contributed by atoms with Gasteiger partial charge < -0.3 is 9.64 Å². The van der Waals surface area contributed by atoms with Crippen molar-refractivity contribution in [2.75, 3.05) is 24.6 Å². The molecule has 23 heavy (non-hydrogen) atoms. The molecule has 2 aromatic heterocycles. The van der Waals surface area contributed by atoms with E-state index in [1.165, 1.54) is 12.0 Å². The molecule has 1 aliphatic rings. The van der Waals surface area contributed by atoms with Crippen LogP contribution in [0.25, 0.3) is 0 Å². The smallest absolute Gasteiger partial charge is 0.234 e. The van der Waals surface area contributed by atoms with Crippen molar-refractivity contribution in [3.05, 3.63) is 30.4 Å². The van der Waals surface area contributed by atoms with Gasteiger partial charge in [0, 0.05) is 26.3 Å². The standard InChI is InChI=1S/C17H25N5O/c1-13(2)12-23-17-9-18-8-16(20-17)22-5-4-14(11-22)6-15-7-19-21(3)10-15/h7-10,13-14H,4-6,11-12H2,1-3H3/t14-/m0/s1. The normalized spacial score (nSPS) is 17.9. The summed E-state index contributed by atoms with van der Waals surface area (Å²) in [5.41, 5.74) is 1.31. The van der Waals surface area contributed by atoms with Crippen LogP contribution in [0.2, 0.25) is 0 Å². The molecule has 0 aliphatic carbocycles. The molecule has 0 unspecified atom stereocenters. The van der Waals surface area contributed by atoms with Gasteiger partial charge in [-0.3, -0.25) is 9.67 Å². The second-order valence-corrected chi connectivity index (χ2v) is 6.75. The maximum atomic E-state index is 5.68. The van der Waals surface area contributed by atoms with Crippen LogP contribution in [0.15, 0.2) is 24.8 Å². The van der Waals surface area contributed by atoms with Crippen LogP contribution in [0.4, 0.5) is 5.82 Å². The highest BCUT2D eigenvalue weighted by atomic mass is 16.5. The van der Waals surface area contributed by atoms with Gasteiger partial charge in [-0.2, -0.15) is 10.1 Å². The predicted octanol–water partition coefficient (Wildman–Crippen LogP) is 2.31. The molecule has 0 aromatic carbocycles. The van der Waals surface area contributed by atoms with Crippen molar-refractivity contribution in [1.82, 2.24) is 19.7 Å². The van der Waals surface area contributed by atoms with E-state index in [-0.39, 0.29) is 0 Å². The summed E-state index contributed by atoms with van der Waals surface area (Å²) in [7, 11) is 1.96. The van der Waals surface area contributed by atoms with E-state index < -0.39 is 0 Å². The van der Waals surface area contributed by atoms with Crippen molar-refractivity contribution < 1.29 is 4.74 Å². The van der Waals surface area contributed by atoms with Crippen LogP contribution in [-0.2, 0) is 13.5 Å². The van der Waals surface area contributed by atoms with Gasteiger partial charge in [0.1, 0.15) is 0 Å². The first-order valence-corrected chi connectivity index (χ1v) is 8.27. The van der Waals surface area contributed by atoms with Crippen molar-refractivity contribution in [3.8, 4) is 5.88 Å². The van der Waals surface area contributed by atoms with Crippen LogP contribution in [0.5, 0.6) is 5.88 Å². The minimum Gasteiger partial charge on any atom is -0.476 e. The summed E-state index contributed by atoms with van der Waals surface area (Å²) in [6.07, 6.45) is 9.82. The number of anilines is 1. The SMILES string of the molecule is CC(C)COc1cncc(N2CC[C@@H](Cc3cnn(C)c3)C2)n1. The lowest BCUT2D eigenvalue weighted by molar-refractivity contribution is 0.260. The van der Waals surface area contributed by atoms with E-state index >= 15 is 0 Å². The average molecular weight is 315 g/mol. The summed E-state index contributed by atoms with van der Waals surface area (Å²) in [6, 6.07) is 0. The number of nitrogens with zero attached hydrogens (tertiary/aromatic N) is 5. The lowest BCUT2D eigenvalue weighted by atomic mass is 10.0. The van der Waals surface area contributed by atoms with Crippen molar-refractivity contribution in [2.45, 2.75) is 26.7 Å².